The minimum absolute atomic E-state index is 0.156. The molecule has 1 aliphatic heterocycles. The standard InChI is InChI=1S/C20H29N3O3/c24-19(7-4-10-21-20(25)17-8-9-17)23-13-11-22(12-14-23)15-16-26-18-5-2-1-3-6-18/h1-3,5-6,17H,4,7-16H2,(H,21,25). The van der Waals surface area contributed by atoms with Gasteiger partial charge in [-0.2, -0.15) is 0 Å². The van der Waals surface area contributed by atoms with Crippen LogP contribution in [0.15, 0.2) is 30.3 Å². The summed E-state index contributed by atoms with van der Waals surface area (Å²) >= 11 is 0. The number of hydrogen-bond donors (Lipinski definition) is 1. The summed E-state index contributed by atoms with van der Waals surface area (Å²) in [6.07, 6.45) is 3.28. The number of piperazine rings is 1. The second-order valence-corrected chi connectivity index (χ2v) is 7.05. The van der Waals surface area contributed by atoms with E-state index in [1.165, 1.54) is 0 Å². The molecule has 0 bridgehead atoms. The third kappa shape index (κ3) is 6.02. The van der Waals surface area contributed by atoms with Gasteiger partial charge in [0.1, 0.15) is 12.4 Å². The zero-order valence-corrected chi connectivity index (χ0v) is 15.4. The monoisotopic (exact) mass is 359 g/mol. The van der Waals surface area contributed by atoms with Gasteiger partial charge in [0.2, 0.25) is 11.8 Å². The van der Waals surface area contributed by atoms with Gasteiger partial charge in [-0.05, 0) is 31.4 Å². The molecule has 26 heavy (non-hydrogen) atoms. The van der Waals surface area contributed by atoms with Crippen molar-refractivity contribution in [3.8, 4) is 5.75 Å². The molecule has 2 fully saturated rings. The molecule has 2 amide bonds. The van der Waals surface area contributed by atoms with Crippen LogP contribution in [-0.4, -0.2) is 67.5 Å². The predicted molar refractivity (Wildman–Crippen MR) is 99.9 cm³/mol. The van der Waals surface area contributed by atoms with Crippen LogP contribution in [0.3, 0.4) is 0 Å². The summed E-state index contributed by atoms with van der Waals surface area (Å²) in [6.45, 7) is 5.49. The molecule has 1 saturated carbocycles. The summed E-state index contributed by atoms with van der Waals surface area (Å²) in [5.74, 6) is 1.49. The van der Waals surface area contributed by atoms with Gasteiger partial charge >= 0.3 is 0 Å². The van der Waals surface area contributed by atoms with Crippen molar-refractivity contribution in [1.82, 2.24) is 15.1 Å². The Labute approximate surface area is 155 Å². The van der Waals surface area contributed by atoms with Crippen LogP contribution in [0.25, 0.3) is 0 Å². The molecular weight excluding hydrogens is 330 g/mol. The summed E-state index contributed by atoms with van der Waals surface area (Å²) in [7, 11) is 0. The number of nitrogens with one attached hydrogen (secondary N) is 1. The topological polar surface area (TPSA) is 61.9 Å². The molecule has 1 aromatic carbocycles. The van der Waals surface area contributed by atoms with Crippen molar-refractivity contribution in [2.45, 2.75) is 25.7 Å². The molecule has 0 radical (unpaired) electrons. The Kier molecular flexibility index (Phi) is 6.89. The zero-order chi connectivity index (χ0) is 18.2. The van der Waals surface area contributed by atoms with E-state index in [9.17, 15) is 9.59 Å². The number of rotatable bonds is 9. The Morgan fingerprint density at radius 1 is 1.08 bits per heavy atom. The number of ether oxygens (including phenoxy) is 1. The van der Waals surface area contributed by atoms with Gasteiger partial charge in [-0.3, -0.25) is 14.5 Å². The lowest BCUT2D eigenvalue weighted by atomic mass is 10.2. The maximum absolute atomic E-state index is 12.3. The van der Waals surface area contributed by atoms with Crippen LogP contribution in [0.2, 0.25) is 0 Å². The average molecular weight is 359 g/mol. The van der Waals surface area contributed by atoms with E-state index in [-0.39, 0.29) is 17.7 Å². The Hall–Kier alpha value is -2.08. The van der Waals surface area contributed by atoms with Crippen LogP contribution >= 0.6 is 0 Å². The molecule has 0 unspecified atom stereocenters. The highest BCUT2D eigenvalue weighted by Gasteiger charge is 2.29. The van der Waals surface area contributed by atoms with Crippen molar-refractivity contribution in [3.63, 3.8) is 0 Å². The van der Waals surface area contributed by atoms with Crippen LogP contribution in [0.1, 0.15) is 25.7 Å². The highest BCUT2D eigenvalue weighted by atomic mass is 16.5. The Bertz CT molecular complexity index is 581. The first-order chi connectivity index (χ1) is 12.7. The number of amides is 2. The third-order valence-corrected chi connectivity index (χ3v) is 4.96. The summed E-state index contributed by atoms with van der Waals surface area (Å²) < 4.78 is 5.73. The number of para-hydroxylation sites is 1. The van der Waals surface area contributed by atoms with Gasteiger partial charge in [0.15, 0.2) is 0 Å². The van der Waals surface area contributed by atoms with Crippen LogP contribution in [0, 0.1) is 5.92 Å². The summed E-state index contributed by atoms with van der Waals surface area (Å²) in [5.41, 5.74) is 0. The van der Waals surface area contributed by atoms with E-state index in [1.807, 2.05) is 35.2 Å². The van der Waals surface area contributed by atoms with Gasteiger partial charge in [0.05, 0.1) is 0 Å². The van der Waals surface area contributed by atoms with E-state index in [2.05, 4.69) is 10.2 Å². The van der Waals surface area contributed by atoms with Gasteiger partial charge in [-0.15, -0.1) is 0 Å². The van der Waals surface area contributed by atoms with Crippen LogP contribution < -0.4 is 10.1 Å². The van der Waals surface area contributed by atoms with E-state index in [0.717, 1.165) is 57.7 Å². The zero-order valence-electron chi connectivity index (χ0n) is 15.4. The Balaban J connectivity index is 1.24. The molecule has 1 heterocycles. The molecule has 1 aliphatic carbocycles. The Morgan fingerprint density at radius 2 is 1.81 bits per heavy atom. The molecule has 0 atom stereocenters. The van der Waals surface area contributed by atoms with E-state index < -0.39 is 0 Å². The highest BCUT2D eigenvalue weighted by molar-refractivity contribution is 5.81. The number of nitrogens with zero attached hydrogens (tertiary/aromatic N) is 2. The number of hydrogen-bond acceptors (Lipinski definition) is 4. The van der Waals surface area contributed by atoms with Crippen LogP contribution in [-0.2, 0) is 9.59 Å². The lowest BCUT2D eigenvalue weighted by Crippen LogP contribution is -2.49. The lowest BCUT2D eigenvalue weighted by Gasteiger charge is -2.34. The van der Waals surface area contributed by atoms with Gasteiger partial charge in [0, 0.05) is 51.6 Å². The number of carbonyl (C=O) groups is 2. The summed E-state index contributed by atoms with van der Waals surface area (Å²) in [5, 5.41) is 2.91. The van der Waals surface area contributed by atoms with Gasteiger partial charge < -0.3 is 15.0 Å². The van der Waals surface area contributed by atoms with Gasteiger partial charge in [0.25, 0.3) is 0 Å². The molecule has 1 saturated heterocycles. The molecule has 1 N–H and O–H groups in total. The second-order valence-electron chi connectivity index (χ2n) is 7.05. The normalized spacial score (nSPS) is 17.8. The van der Waals surface area contributed by atoms with E-state index in [1.54, 1.807) is 0 Å². The minimum Gasteiger partial charge on any atom is -0.492 e. The molecule has 1 aromatic rings. The van der Waals surface area contributed by atoms with Crippen LogP contribution in [0.4, 0.5) is 0 Å². The number of carbonyl (C=O) groups excluding carboxylic acids is 2. The quantitative estimate of drug-likeness (QED) is 0.679. The van der Waals surface area contributed by atoms with Gasteiger partial charge in [-0.25, -0.2) is 0 Å². The molecule has 142 valence electrons. The van der Waals surface area contributed by atoms with Gasteiger partial charge in [-0.1, -0.05) is 18.2 Å². The van der Waals surface area contributed by atoms with E-state index in [4.69, 9.17) is 4.74 Å². The second kappa shape index (κ2) is 9.57. The SMILES string of the molecule is O=C(NCCCC(=O)N1CCN(CCOc2ccccc2)CC1)C1CC1. The first-order valence-corrected chi connectivity index (χ1v) is 9.68. The molecule has 6 nitrogen and oxygen atoms in total. The third-order valence-electron chi connectivity index (χ3n) is 4.96. The van der Waals surface area contributed by atoms with Crippen molar-refractivity contribution >= 4 is 11.8 Å². The average Bonchev–Trinajstić information content (AvgIpc) is 3.52. The molecule has 6 heteroatoms. The van der Waals surface area contributed by atoms with Crippen molar-refractivity contribution in [2.75, 3.05) is 45.9 Å². The fourth-order valence-corrected chi connectivity index (χ4v) is 3.13. The largest absolute Gasteiger partial charge is 0.492 e. The number of benzene rings is 1. The lowest BCUT2D eigenvalue weighted by molar-refractivity contribution is -0.133. The van der Waals surface area contributed by atoms with Crippen molar-refractivity contribution in [2.24, 2.45) is 5.92 Å². The Morgan fingerprint density at radius 3 is 2.50 bits per heavy atom. The molecule has 2 aliphatic rings. The maximum Gasteiger partial charge on any atom is 0.223 e. The first-order valence-electron chi connectivity index (χ1n) is 9.68. The van der Waals surface area contributed by atoms with Crippen LogP contribution in [0.5, 0.6) is 5.75 Å². The maximum atomic E-state index is 12.3. The summed E-state index contributed by atoms with van der Waals surface area (Å²) in [4.78, 5) is 28.1. The highest BCUT2D eigenvalue weighted by Crippen LogP contribution is 2.28. The smallest absolute Gasteiger partial charge is 0.223 e. The fourth-order valence-electron chi connectivity index (χ4n) is 3.13. The van der Waals surface area contributed by atoms with Crippen molar-refractivity contribution in [3.05, 3.63) is 30.3 Å². The predicted octanol–water partition coefficient (Wildman–Crippen LogP) is 1.52. The minimum atomic E-state index is 0.156. The van der Waals surface area contributed by atoms with Crippen molar-refractivity contribution in [1.29, 1.82) is 0 Å². The van der Waals surface area contributed by atoms with E-state index in [0.29, 0.717) is 19.6 Å². The summed E-state index contributed by atoms with van der Waals surface area (Å²) in [6, 6.07) is 9.84. The van der Waals surface area contributed by atoms with E-state index >= 15 is 0 Å². The fraction of sp³-hybridized carbons (Fsp3) is 0.600. The molecule has 3 rings (SSSR count). The molecule has 0 aromatic heterocycles. The molecular formula is C20H29N3O3. The van der Waals surface area contributed by atoms with Crippen molar-refractivity contribution < 1.29 is 14.3 Å². The molecule has 0 spiro atoms. The first kappa shape index (κ1) is 18.7.